The molecule has 1 fully saturated rings. The van der Waals surface area contributed by atoms with Crippen LogP contribution in [0.1, 0.15) is 31.1 Å². The maximum atomic E-state index is 14.3. The second-order valence-corrected chi connectivity index (χ2v) is 7.91. The largest absolute Gasteiger partial charge is 0.481 e. The van der Waals surface area contributed by atoms with E-state index in [4.69, 9.17) is 5.11 Å². The second-order valence-electron chi connectivity index (χ2n) is 6.79. The molecule has 3 rings (SSSR count). The van der Waals surface area contributed by atoms with E-state index in [9.17, 15) is 9.18 Å². The molecule has 2 aromatic heterocycles. The zero-order valence-corrected chi connectivity index (χ0v) is 16.9. The van der Waals surface area contributed by atoms with E-state index in [1.807, 2.05) is 0 Å². The lowest BCUT2D eigenvalue weighted by Gasteiger charge is -2.42. The second kappa shape index (κ2) is 9.04. The van der Waals surface area contributed by atoms with Gasteiger partial charge in [-0.2, -0.15) is 0 Å². The molecule has 9 heteroatoms. The number of rotatable bonds is 9. The number of thiazole rings is 1. The number of hydrogen-bond acceptors (Lipinski definition) is 7. The number of halogens is 1. The Morgan fingerprint density at radius 1 is 1.45 bits per heavy atom. The number of carboxylic acid groups (broad SMARTS) is 1. The number of hydrogen-bond donors (Lipinski definition) is 2. The summed E-state index contributed by atoms with van der Waals surface area (Å²) in [6.07, 6.45) is 6.96. The predicted octanol–water partition coefficient (Wildman–Crippen LogP) is 4.27. The van der Waals surface area contributed by atoms with Gasteiger partial charge in [0.25, 0.3) is 0 Å². The molecular weight excluding hydrogens is 393 g/mol. The fourth-order valence-corrected chi connectivity index (χ4v) is 4.11. The van der Waals surface area contributed by atoms with Crippen LogP contribution in [0.2, 0.25) is 0 Å². The molecule has 2 N–H and O–H groups in total. The van der Waals surface area contributed by atoms with E-state index in [0.717, 1.165) is 19.3 Å². The van der Waals surface area contributed by atoms with Crippen LogP contribution < -0.4 is 5.32 Å². The standard InChI is InChI=1S/C20H22FN5O2S/c1-3-14(21)18(22-4-2)20(8-5-9-20)12-24-16-7-6-15(25-26-16)19-23-11-13(29-19)10-17(27)28/h3-4,6-7,11H,2,5,8-10,12H2,1H3,(H,24,26)(H,27,28)/b14-3+,22-18+. The quantitative estimate of drug-likeness (QED) is 0.593. The molecule has 0 aromatic carbocycles. The topological polar surface area (TPSA) is 100 Å². The summed E-state index contributed by atoms with van der Waals surface area (Å²) in [5, 5.41) is 21.1. The highest BCUT2D eigenvalue weighted by atomic mass is 32.1. The van der Waals surface area contributed by atoms with Crippen LogP contribution in [0.15, 0.2) is 48.0 Å². The summed E-state index contributed by atoms with van der Waals surface area (Å²) < 4.78 is 14.3. The van der Waals surface area contributed by atoms with Crippen molar-refractivity contribution in [1.82, 2.24) is 15.2 Å². The molecule has 152 valence electrons. The highest BCUT2D eigenvalue weighted by Crippen LogP contribution is 2.44. The Morgan fingerprint density at radius 2 is 2.24 bits per heavy atom. The summed E-state index contributed by atoms with van der Waals surface area (Å²) in [6.45, 7) is 5.75. The average Bonchev–Trinajstić information content (AvgIpc) is 3.13. The van der Waals surface area contributed by atoms with Crippen LogP contribution in [0.3, 0.4) is 0 Å². The SMILES string of the molecule is C=C/N=C(\C(F)=C/C)C1(CNc2ccc(-c3ncc(CC(=O)O)s3)nn2)CCC1. The summed E-state index contributed by atoms with van der Waals surface area (Å²) in [4.78, 5) is 19.8. The normalized spacial score (nSPS) is 16.2. The lowest BCUT2D eigenvalue weighted by molar-refractivity contribution is -0.136. The van der Waals surface area contributed by atoms with Gasteiger partial charge in [-0.25, -0.2) is 9.37 Å². The van der Waals surface area contributed by atoms with Gasteiger partial charge in [-0.1, -0.05) is 13.0 Å². The van der Waals surface area contributed by atoms with Gasteiger partial charge >= 0.3 is 5.97 Å². The fraction of sp³-hybridized carbons (Fsp3) is 0.350. The van der Waals surface area contributed by atoms with E-state index in [1.165, 1.54) is 23.6 Å². The Bertz CT molecular complexity index is 948. The van der Waals surface area contributed by atoms with Crippen molar-refractivity contribution in [2.24, 2.45) is 10.4 Å². The molecule has 29 heavy (non-hydrogen) atoms. The minimum Gasteiger partial charge on any atom is -0.481 e. The van der Waals surface area contributed by atoms with Crippen molar-refractivity contribution < 1.29 is 14.3 Å². The third-order valence-corrected chi connectivity index (χ3v) is 5.90. The van der Waals surface area contributed by atoms with Crippen LogP contribution in [0.5, 0.6) is 0 Å². The molecule has 0 aliphatic heterocycles. The third-order valence-electron chi connectivity index (χ3n) is 4.88. The average molecular weight is 415 g/mol. The summed E-state index contributed by atoms with van der Waals surface area (Å²) in [6, 6.07) is 3.56. The molecule has 2 aromatic rings. The number of allylic oxidation sites excluding steroid dienone is 2. The number of aliphatic imine (C=N–C) groups is 1. The maximum absolute atomic E-state index is 14.3. The highest BCUT2D eigenvalue weighted by molar-refractivity contribution is 7.15. The first-order chi connectivity index (χ1) is 14.0. The summed E-state index contributed by atoms with van der Waals surface area (Å²) in [7, 11) is 0. The summed E-state index contributed by atoms with van der Waals surface area (Å²) in [5.74, 6) is -0.653. The van der Waals surface area contributed by atoms with Crippen molar-refractivity contribution in [2.75, 3.05) is 11.9 Å². The van der Waals surface area contributed by atoms with Crippen molar-refractivity contribution in [1.29, 1.82) is 0 Å². The number of nitrogens with one attached hydrogen (secondary N) is 1. The van der Waals surface area contributed by atoms with Gasteiger partial charge in [0.2, 0.25) is 0 Å². The van der Waals surface area contributed by atoms with Crippen molar-refractivity contribution in [2.45, 2.75) is 32.6 Å². The minimum absolute atomic E-state index is 0.0653. The first-order valence-electron chi connectivity index (χ1n) is 9.23. The van der Waals surface area contributed by atoms with Gasteiger partial charge in [-0.15, -0.1) is 21.5 Å². The molecule has 1 saturated carbocycles. The van der Waals surface area contributed by atoms with E-state index in [-0.39, 0.29) is 17.7 Å². The van der Waals surface area contributed by atoms with Gasteiger partial charge in [-0.3, -0.25) is 9.79 Å². The first-order valence-corrected chi connectivity index (χ1v) is 10.0. The molecule has 1 aliphatic carbocycles. The Kier molecular flexibility index (Phi) is 6.48. The molecule has 1 aliphatic rings. The molecule has 0 unspecified atom stereocenters. The molecule has 0 spiro atoms. The molecule has 0 amide bonds. The van der Waals surface area contributed by atoms with E-state index in [1.54, 1.807) is 25.3 Å². The first kappa shape index (κ1) is 20.8. The molecule has 0 radical (unpaired) electrons. The van der Waals surface area contributed by atoms with Crippen molar-refractivity contribution >= 4 is 28.8 Å². The summed E-state index contributed by atoms with van der Waals surface area (Å²) in [5.41, 5.74) is 0.614. The van der Waals surface area contributed by atoms with Gasteiger partial charge < -0.3 is 10.4 Å². The zero-order chi connectivity index (χ0) is 20.9. The van der Waals surface area contributed by atoms with Crippen molar-refractivity contribution in [3.05, 3.63) is 47.9 Å². The Balaban J connectivity index is 1.69. The van der Waals surface area contributed by atoms with E-state index in [0.29, 0.717) is 33.7 Å². The van der Waals surface area contributed by atoms with Gasteiger partial charge in [0, 0.05) is 29.2 Å². The highest BCUT2D eigenvalue weighted by Gasteiger charge is 2.43. The monoisotopic (exact) mass is 415 g/mol. The van der Waals surface area contributed by atoms with E-state index >= 15 is 0 Å². The van der Waals surface area contributed by atoms with E-state index < -0.39 is 5.97 Å². The lowest BCUT2D eigenvalue weighted by Crippen LogP contribution is -2.44. The lowest BCUT2D eigenvalue weighted by atomic mass is 9.65. The van der Waals surface area contributed by atoms with Crippen molar-refractivity contribution in [3.63, 3.8) is 0 Å². The number of carbonyl (C=O) groups is 1. The third kappa shape index (κ3) is 4.73. The van der Waals surface area contributed by atoms with Gasteiger partial charge in [0.1, 0.15) is 22.3 Å². The summed E-state index contributed by atoms with van der Waals surface area (Å²) >= 11 is 1.28. The molecule has 2 heterocycles. The maximum Gasteiger partial charge on any atom is 0.308 e. The van der Waals surface area contributed by atoms with Crippen LogP contribution in [-0.4, -0.2) is 38.5 Å². The number of anilines is 1. The van der Waals surface area contributed by atoms with Crippen LogP contribution in [0.25, 0.3) is 10.7 Å². The zero-order valence-electron chi connectivity index (χ0n) is 16.1. The number of aromatic nitrogens is 3. The molecule has 0 bridgehead atoms. The predicted molar refractivity (Wildman–Crippen MR) is 112 cm³/mol. The van der Waals surface area contributed by atoms with Crippen LogP contribution in [0, 0.1) is 5.41 Å². The fourth-order valence-electron chi connectivity index (χ4n) is 3.24. The number of carboxylic acids is 1. The molecule has 0 saturated heterocycles. The molecule has 7 nitrogen and oxygen atoms in total. The van der Waals surface area contributed by atoms with Crippen LogP contribution in [-0.2, 0) is 11.2 Å². The van der Waals surface area contributed by atoms with Gasteiger partial charge in [-0.05, 0) is 38.0 Å². The Labute approximate surface area is 172 Å². The number of aliphatic carboxylic acids is 1. The molecular formula is C20H22FN5O2S. The van der Waals surface area contributed by atoms with Gasteiger partial charge in [0.05, 0.1) is 12.1 Å². The van der Waals surface area contributed by atoms with E-state index in [2.05, 4.69) is 32.1 Å². The van der Waals surface area contributed by atoms with Crippen LogP contribution in [0.4, 0.5) is 10.2 Å². The molecule has 0 atom stereocenters. The Morgan fingerprint density at radius 3 is 2.79 bits per heavy atom. The minimum atomic E-state index is -0.899. The van der Waals surface area contributed by atoms with Crippen molar-refractivity contribution in [3.8, 4) is 10.7 Å². The Hall–Kier alpha value is -2.94. The smallest absolute Gasteiger partial charge is 0.308 e. The number of nitrogens with zero attached hydrogens (tertiary/aromatic N) is 4. The van der Waals surface area contributed by atoms with Crippen LogP contribution >= 0.6 is 11.3 Å². The van der Waals surface area contributed by atoms with Gasteiger partial charge in [0.15, 0.2) is 0 Å².